The predicted octanol–water partition coefficient (Wildman–Crippen LogP) is 0.864. The van der Waals surface area contributed by atoms with Crippen LogP contribution >= 0.6 is 31.3 Å². The molecule has 0 saturated carbocycles. The minimum absolute atomic E-state index is 0.453. The van der Waals surface area contributed by atoms with Gasteiger partial charge in [-0.2, -0.15) is 8.62 Å². The molecule has 0 aliphatic heterocycles. The van der Waals surface area contributed by atoms with Gasteiger partial charge in [0.2, 0.25) is 0 Å². The molecule has 138 valence electrons. The summed E-state index contributed by atoms with van der Waals surface area (Å²) in [5.41, 5.74) is 0. The number of phosphoric acid groups is 4. The van der Waals surface area contributed by atoms with E-state index in [0.29, 0.717) is 0 Å². The first-order valence-electron chi connectivity index (χ1n) is 5.26. The van der Waals surface area contributed by atoms with Gasteiger partial charge in [0.25, 0.3) is 0 Å². The first-order valence-corrected chi connectivity index (χ1v) is 11.3. The van der Waals surface area contributed by atoms with Gasteiger partial charge in [-0.1, -0.05) is 0 Å². The van der Waals surface area contributed by atoms with Crippen LogP contribution in [0.2, 0.25) is 0 Å². The molecule has 1 aromatic carbocycles. The molecule has 2 atom stereocenters. The van der Waals surface area contributed by atoms with Crippen LogP contribution < -0.4 is 9.05 Å². The first-order chi connectivity index (χ1) is 10.6. The van der Waals surface area contributed by atoms with Gasteiger partial charge in [0.15, 0.2) is 0 Å². The van der Waals surface area contributed by atoms with Crippen molar-refractivity contribution in [1.29, 1.82) is 0 Å². The van der Waals surface area contributed by atoms with Crippen LogP contribution in [0.25, 0.3) is 0 Å². The molecule has 0 aromatic heterocycles. The Morgan fingerprint density at radius 1 is 0.583 bits per heavy atom. The average Bonchev–Trinajstić information content (AvgIpc) is 2.24. The molecule has 2 unspecified atom stereocenters. The molecule has 6 N–H and O–H groups in total. The number of hydrogen-bond acceptors (Lipinski definition) is 8. The van der Waals surface area contributed by atoms with E-state index in [1.807, 2.05) is 0 Å². The quantitative estimate of drug-likeness (QED) is 0.315. The van der Waals surface area contributed by atoms with Crippen LogP contribution in [0, 0.1) is 0 Å². The maximum Gasteiger partial charge on any atom is 0.536 e. The Labute approximate surface area is 133 Å². The Balaban J connectivity index is 2.80. The molecule has 0 fully saturated rings. The SMILES string of the molecule is O=P(O)(O)OP(=O)(O)Oc1ccc(OP(=O)(O)OP(=O)(O)O)cc1. The van der Waals surface area contributed by atoms with E-state index in [1.165, 1.54) is 0 Å². The van der Waals surface area contributed by atoms with Crippen molar-refractivity contribution >= 4 is 31.3 Å². The molecule has 0 saturated heterocycles. The molecular weight excluding hydrogens is 420 g/mol. The lowest BCUT2D eigenvalue weighted by Crippen LogP contribution is -1.97. The Morgan fingerprint density at radius 2 is 0.833 bits per heavy atom. The van der Waals surface area contributed by atoms with Crippen molar-refractivity contribution in [3.8, 4) is 11.5 Å². The summed E-state index contributed by atoms with van der Waals surface area (Å²) in [4.78, 5) is 51.8. The normalized spacial score (nSPS) is 17.6. The molecule has 14 nitrogen and oxygen atoms in total. The zero-order valence-corrected chi connectivity index (χ0v) is 14.6. The molecule has 0 aliphatic rings. The van der Waals surface area contributed by atoms with Gasteiger partial charge in [0, 0.05) is 0 Å². The number of benzene rings is 1. The van der Waals surface area contributed by atoms with Gasteiger partial charge in [-0.3, -0.25) is 9.79 Å². The molecule has 1 aromatic rings. The molecule has 0 radical (unpaired) electrons. The van der Waals surface area contributed by atoms with Crippen LogP contribution in [-0.2, 0) is 26.9 Å². The summed E-state index contributed by atoms with van der Waals surface area (Å²) >= 11 is 0. The van der Waals surface area contributed by atoms with Crippen molar-refractivity contribution in [1.82, 2.24) is 0 Å². The Kier molecular flexibility index (Phi) is 6.57. The van der Waals surface area contributed by atoms with Crippen molar-refractivity contribution in [3.63, 3.8) is 0 Å². The van der Waals surface area contributed by atoms with Crippen molar-refractivity contribution in [2.45, 2.75) is 0 Å². The highest BCUT2D eigenvalue weighted by Crippen LogP contribution is 2.58. The van der Waals surface area contributed by atoms with Gasteiger partial charge >= 0.3 is 31.3 Å². The fourth-order valence-corrected chi connectivity index (χ4v) is 4.32. The second-order valence-electron chi connectivity index (χ2n) is 3.74. The highest BCUT2D eigenvalue weighted by atomic mass is 31.3. The minimum Gasteiger partial charge on any atom is -0.404 e. The van der Waals surface area contributed by atoms with Gasteiger partial charge in [0.05, 0.1) is 0 Å². The highest BCUT2D eigenvalue weighted by molar-refractivity contribution is 7.61. The van der Waals surface area contributed by atoms with E-state index in [9.17, 15) is 18.3 Å². The molecule has 0 aliphatic carbocycles. The summed E-state index contributed by atoms with van der Waals surface area (Å²) < 4.78 is 59.1. The monoisotopic (exact) mass is 430 g/mol. The number of hydrogen-bond donors (Lipinski definition) is 6. The maximum atomic E-state index is 11.3. The second kappa shape index (κ2) is 7.35. The summed E-state index contributed by atoms with van der Waals surface area (Å²) in [6.45, 7) is 0. The summed E-state index contributed by atoms with van der Waals surface area (Å²) in [5.74, 6) is -0.907. The molecule has 0 amide bonds. The third-order valence-corrected chi connectivity index (χ3v) is 5.92. The van der Waals surface area contributed by atoms with Crippen molar-refractivity contribution in [2.75, 3.05) is 0 Å². The number of rotatable bonds is 8. The zero-order chi connectivity index (χ0) is 18.8. The Hall–Kier alpha value is -0.580. The van der Waals surface area contributed by atoms with E-state index >= 15 is 0 Å². The van der Waals surface area contributed by atoms with E-state index in [1.54, 1.807) is 0 Å². The lowest BCUT2D eigenvalue weighted by Gasteiger charge is -2.15. The second-order valence-corrected chi connectivity index (χ2v) is 9.24. The molecule has 0 spiro atoms. The topological polar surface area (TPSA) is 227 Å². The Bertz CT molecular complexity index is 693. The van der Waals surface area contributed by atoms with Gasteiger partial charge in [-0.25, -0.2) is 18.3 Å². The highest BCUT2D eigenvalue weighted by Gasteiger charge is 2.35. The standard InChI is InChI=1S/C6H10O14P4/c7-21(8,9)19-23(13,14)17-5-1-2-6(4-3-5)18-24(15,16)20-22(10,11)12/h1-4H,(H,13,14)(H,15,16)(H2,7,8,9)(H2,10,11,12). The van der Waals surface area contributed by atoms with E-state index in [0.717, 1.165) is 24.3 Å². The van der Waals surface area contributed by atoms with Crippen molar-refractivity contribution < 1.29 is 65.3 Å². The van der Waals surface area contributed by atoms with Crippen LogP contribution in [0.1, 0.15) is 0 Å². The summed E-state index contributed by atoms with van der Waals surface area (Å²) in [5, 5.41) is 0. The van der Waals surface area contributed by atoms with Gasteiger partial charge < -0.3 is 28.6 Å². The van der Waals surface area contributed by atoms with E-state index in [2.05, 4.69) is 17.7 Å². The average molecular weight is 430 g/mol. The van der Waals surface area contributed by atoms with Gasteiger partial charge in [0.1, 0.15) is 11.5 Å². The largest absolute Gasteiger partial charge is 0.536 e. The van der Waals surface area contributed by atoms with Crippen molar-refractivity contribution in [2.24, 2.45) is 0 Å². The first kappa shape index (κ1) is 21.5. The zero-order valence-electron chi connectivity index (χ0n) is 11.0. The van der Waals surface area contributed by atoms with Crippen molar-refractivity contribution in [3.05, 3.63) is 24.3 Å². The van der Waals surface area contributed by atoms with E-state index in [-0.39, 0.29) is 0 Å². The van der Waals surface area contributed by atoms with Gasteiger partial charge in [-0.05, 0) is 24.3 Å². The smallest absolute Gasteiger partial charge is 0.404 e. The van der Waals surface area contributed by atoms with Crippen LogP contribution in [0.4, 0.5) is 0 Å². The molecule has 0 bridgehead atoms. The molecular formula is C6H10O14P4. The predicted molar refractivity (Wildman–Crippen MR) is 73.6 cm³/mol. The number of phosphoric ester groups is 2. The lowest BCUT2D eigenvalue weighted by atomic mass is 10.3. The fourth-order valence-electron chi connectivity index (χ4n) is 1.13. The summed E-state index contributed by atoms with van der Waals surface area (Å²) in [6, 6.07) is 3.44. The molecule has 1 rings (SSSR count). The Morgan fingerprint density at radius 3 is 1.04 bits per heavy atom. The summed E-state index contributed by atoms with van der Waals surface area (Å²) in [7, 11) is -20.9. The van der Waals surface area contributed by atoms with Crippen LogP contribution in [0.15, 0.2) is 24.3 Å². The molecule has 0 heterocycles. The minimum atomic E-state index is -5.30. The van der Waals surface area contributed by atoms with E-state index < -0.39 is 42.8 Å². The van der Waals surface area contributed by atoms with Crippen LogP contribution in [0.5, 0.6) is 11.5 Å². The lowest BCUT2D eigenvalue weighted by molar-refractivity contribution is 0.224. The van der Waals surface area contributed by atoms with Crippen LogP contribution in [0.3, 0.4) is 0 Å². The summed E-state index contributed by atoms with van der Waals surface area (Å²) in [6.07, 6.45) is 0. The third-order valence-electron chi connectivity index (χ3n) is 1.68. The van der Waals surface area contributed by atoms with Crippen LogP contribution in [-0.4, -0.2) is 29.4 Å². The fraction of sp³-hybridized carbons (Fsp3) is 0. The maximum absolute atomic E-state index is 11.3. The van der Waals surface area contributed by atoms with Gasteiger partial charge in [-0.15, -0.1) is 0 Å². The molecule has 18 heteroatoms. The van der Waals surface area contributed by atoms with E-state index in [4.69, 9.17) is 29.4 Å². The third kappa shape index (κ3) is 9.05. The molecule has 24 heavy (non-hydrogen) atoms.